The lowest BCUT2D eigenvalue weighted by atomic mass is 10.1. The van der Waals surface area contributed by atoms with Crippen LogP contribution in [0.4, 0.5) is 5.69 Å². The standard InChI is InChI=1S/C11H5BrClN2O2/c12-8-6-14-11(13)9(10(8)15(16)17)7-4-2-1-3-5-7/h2-6H. The van der Waals surface area contributed by atoms with Gasteiger partial charge in [-0.1, -0.05) is 35.9 Å². The van der Waals surface area contributed by atoms with Crippen LogP contribution in [0.5, 0.6) is 0 Å². The van der Waals surface area contributed by atoms with E-state index in [1.165, 1.54) is 6.20 Å². The van der Waals surface area contributed by atoms with Gasteiger partial charge in [0.15, 0.2) is 0 Å². The Kier molecular flexibility index (Phi) is 3.40. The molecule has 0 aliphatic carbocycles. The van der Waals surface area contributed by atoms with Crippen LogP contribution in [0, 0.1) is 16.2 Å². The van der Waals surface area contributed by atoms with E-state index in [1.807, 2.05) is 0 Å². The normalized spacial score (nSPS) is 10.2. The van der Waals surface area contributed by atoms with Crippen molar-refractivity contribution < 1.29 is 4.92 Å². The molecule has 0 saturated carbocycles. The van der Waals surface area contributed by atoms with E-state index in [0.29, 0.717) is 15.6 Å². The van der Waals surface area contributed by atoms with E-state index in [4.69, 9.17) is 11.6 Å². The molecular formula is C11H5BrClN2O2. The van der Waals surface area contributed by atoms with Gasteiger partial charge in [-0.05, 0) is 27.6 Å². The fraction of sp³-hybridized carbons (Fsp3) is 0. The number of hydrogen-bond donors (Lipinski definition) is 0. The maximum Gasteiger partial charge on any atom is 0.295 e. The van der Waals surface area contributed by atoms with Gasteiger partial charge in [-0.15, -0.1) is 0 Å². The van der Waals surface area contributed by atoms with Crippen LogP contribution >= 0.6 is 27.5 Å². The van der Waals surface area contributed by atoms with Gasteiger partial charge in [0.25, 0.3) is 5.69 Å². The molecule has 0 aliphatic heterocycles. The Balaban J connectivity index is 2.76. The minimum absolute atomic E-state index is 0.0869. The van der Waals surface area contributed by atoms with Crippen LogP contribution in [0.25, 0.3) is 11.1 Å². The van der Waals surface area contributed by atoms with E-state index in [2.05, 4.69) is 27.0 Å². The van der Waals surface area contributed by atoms with Crippen LogP contribution in [0.15, 0.2) is 34.9 Å². The molecule has 2 rings (SSSR count). The quantitative estimate of drug-likeness (QED) is 0.480. The third kappa shape index (κ3) is 2.30. The molecule has 1 aromatic carbocycles. The number of halogens is 2. The molecule has 0 unspecified atom stereocenters. The highest BCUT2D eigenvalue weighted by Gasteiger charge is 2.23. The third-order valence-corrected chi connectivity index (χ3v) is 3.02. The van der Waals surface area contributed by atoms with E-state index in [1.54, 1.807) is 24.3 Å². The molecule has 17 heavy (non-hydrogen) atoms. The second-order valence-electron chi connectivity index (χ2n) is 3.17. The Morgan fingerprint density at radius 2 is 2.06 bits per heavy atom. The van der Waals surface area contributed by atoms with Crippen LogP contribution in [0.3, 0.4) is 0 Å². The summed E-state index contributed by atoms with van der Waals surface area (Å²) in [7, 11) is 0. The molecule has 1 radical (unpaired) electrons. The Hall–Kier alpha value is -1.46. The topological polar surface area (TPSA) is 56.0 Å². The van der Waals surface area contributed by atoms with E-state index in [-0.39, 0.29) is 10.8 Å². The van der Waals surface area contributed by atoms with Crippen molar-refractivity contribution in [2.45, 2.75) is 0 Å². The lowest BCUT2D eigenvalue weighted by Crippen LogP contribution is -1.96. The van der Waals surface area contributed by atoms with Gasteiger partial charge in [0.2, 0.25) is 0 Å². The second kappa shape index (κ2) is 4.81. The van der Waals surface area contributed by atoms with Gasteiger partial charge >= 0.3 is 0 Å². The lowest BCUT2D eigenvalue weighted by molar-refractivity contribution is -0.385. The number of rotatable bonds is 2. The number of pyridine rings is 1. The molecule has 0 spiro atoms. The van der Waals surface area contributed by atoms with Crippen LogP contribution < -0.4 is 0 Å². The molecule has 1 aromatic heterocycles. The zero-order chi connectivity index (χ0) is 12.4. The Bertz CT molecular complexity index is 575. The summed E-state index contributed by atoms with van der Waals surface area (Å²) in [6.07, 6.45) is 1.32. The highest BCUT2D eigenvalue weighted by atomic mass is 79.9. The Morgan fingerprint density at radius 3 is 2.65 bits per heavy atom. The number of nitrogens with zero attached hydrogens (tertiary/aromatic N) is 2. The zero-order valence-corrected chi connectivity index (χ0v) is 10.7. The minimum Gasteiger partial charge on any atom is -0.258 e. The van der Waals surface area contributed by atoms with Crippen molar-refractivity contribution in [2.24, 2.45) is 0 Å². The average Bonchev–Trinajstić information content (AvgIpc) is 2.32. The summed E-state index contributed by atoms with van der Waals surface area (Å²) in [5.41, 5.74) is 0.852. The predicted octanol–water partition coefficient (Wildman–Crippen LogP) is 3.87. The van der Waals surface area contributed by atoms with Gasteiger partial charge in [-0.25, -0.2) is 4.98 Å². The van der Waals surface area contributed by atoms with Gasteiger partial charge in [0.1, 0.15) is 9.63 Å². The molecule has 0 bridgehead atoms. The summed E-state index contributed by atoms with van der Waals surface area (Å²) in [6, 6.07) is 9.56. The summed E-state index contributed by atoms with van der Waals surface area (Å²) >= 11 is 9.04. The predicted molar refractivity (Wildman–Crippen MR) is 67.9 cm³/mol. The van der Waals surface area contributed by atoms with Crippen LogP contribution in [-0.2, 0) is 0 Å². The molecule has 2 aromatic rings. The fourth-order valence-corrected chi connectivity index (χ4v) is 2.14. The zero-order valence-electron chi connectivity index (χ0n) is 8.35. The summed E-state index contributed by atoms with van der Waals surface area (Å²) in [4.78, 5) is 14.5. The second-order valence-corrected chi connectivity index (χ2v) is 4.38. The minimum atomic E-state index is -0.482. The number of benzene rings is 1. The molecule has 0 atom stereocenters. The maximum absolute atomic E-state index is 11.0. The molecule has 4 nitrogen and oxygen atoms in total. The Labute approximate surface area is 111 Å². The van der Waals surface area contributed by atoms with Crippen molar-refractivity contribution in [1.29, 1.82) is 0 Å². The van der Waals surface area contributed by atoms with E-state index >= 15 is 0 Å². The number of aromatic nitrogens is 1. The molecule has 85 valence electrons. The fourth-order valence-electron chi connectivity index (χ4n) is 1.44. The van der Waals surface area contributed by atoms with Gasteiger partial charge in [-0.3, -0.25) is 10.1 Å². The monoisotopic (exact) mass is 311 g/mol. The molecule has 1 heterocycles. The summed E-state index contributed by atoms with van der Waals surface area (Å²) in [5, 5.41) is 11.2. The number of hydrogen-bond acceptors (Lipinski definition) is 3. The first-order chi connectivity index (χ1) is 8.11. The average molecular weight is 313 g/mol. The van der Waals surface area contributed by atoms with Crippen molar-refractivity contribution in [1.82, 2.24) is 4.98 Å². The highest BCUT2D eigenvalue weighted by Crippen LogP contribution is 2.39. The molecular weight excluding hydrogens is 307 g/mol. The smallest absolute Gasteiger partial charge is 0.258 e. The van der Waals surface area contributed by atoms with E-state index in [0.717, 1.165) is 0 Å². The lowest BCUT2D eigenvalue weighted by Gasteiger charge is -2.05. The van der Waals surface area contributed by atoms with Gasteiger partial charge in [0.05, 0.1) is 10.5 Å². The van der Waals surface area contributed by atoms with Crippen LogP contribution in [0.1, 0.15) is 0 Å². The van der Waals surface area contributed by atoms with Crippen molar-refractivity contribution in [2.75, 3.05) is 0 Å². The molecule has 0 saturated heterocycles. The summed E-state index contributed by atoms with van der Waals surface area (Å²) in [5.74, 6) is 0. The van der Waals surface area contributed by atoms with E-state index < -0.39 is 4.92 Å². The third-order valence-electron chi connectivity index (χ3n) is 2.15. The summed E-state index contributed by atoms with van der Waals surface area (Å²) in [6.45, 7) is 0. The SMILES string of the molecule is O=[N+]([O-])c1c(Br)cnc(Cl)c1-c1cc[c]cc1. The van der Waals surface area contributed by atoms with Crippen LogP contribution in [-0.4, -0.2) is 9.91 Å². The first-order valence-electron chi connectivity index (χ1n) is 4.56. The molecule has 0 amide bonds. The molecule has 0 fully saturated rings. The molecule has 0 N–H and O–H groups in total. The van der Waals surface area contributed by atoms with Crippen molar-refractivity contribution in [3.8, 4) is 11.1 Å². The van der Waals surface area contributed by atoms with Crippen molar-refractivity contribution >= 4 is 33.2 Å². The first-order valence-corrected chi connectivity index (χ1v) is 5.73. The summed E-state index contributed by atoms with van der Waals surface area (Å²) < 4.78 is 0.301. The van der Waals surface area contributed by atoms with Gasteiger partial charge in [0, 0.05) is 6.20 Å². The highest BCUT2D eigenvalue weighted by molar-refractivity contribution is 9.10. The van der Waals surface area contributed by atoms with Crippen molar-refractivity contribution in [3.63, 3.8) is 0 Å². The first kappa shape index (κ1) is 12.0. The molecule has 0 aliphatic rings. The van der Waals surface area contributed by atoms with Gasteiger partial charge in [-0.2, -0.15) is 0 Å². The van der Waals surface area contributed by atoms with Crippen LogP contribution in [0.2, 0.25) is 5.15 Å². The Morgan fingerprint density at radius 1 is 1.41 bits per heavy atom. The van der Waals surface area contributed by atoms with Crippen molar-refractivity contribution in [3.05, 3.63) is 56.3 Å². The van der Waals surface area contributed by atoms with E-state index in [9.17, 15) is 10.1 Å². The van der Waals surface area contributed by atoms with Gasteiger partial charge < -0.3 is 0 Å². The molecule has 6 heteroatoms. The maximum atomic E-state index is 11.0. The number of nitro groups is 1. The largest absolute Gasteiger partial charge is 0.295 e.